The topological polar surface area (TPSA) is 35.8 Å². The van der Waals surface area contributed by atoms with E-state index in [2.05, 4.69) is 37.4 Å². The van der Waals surface area contributed by atoms with Crippen molar-refractivity contribution in [2.24, 2.45) is 0 Å². The fourth-order valence-corrected chi connectivity index (χ4v) is 2.47. The molecule has 0 heterocycles. The van der Waals surface area contributed by atoms with Crippen molar-refractivity contribution in [2.75, 3.05) is 11.6 Å². The lowest BCUT2D eigenvalue weighted by atomic mass is 10.1. The number of hydrogen-bond donors (Lipinski definition) is 1. The van der Waals surface area contributed by atoms with E-state index in [1.54, 1.807) is 11.8 Å². The molecule has 2 rings (SSSR count). The average Bonchev–Trinajstić information content (AvgIpc) is 2.42. The van der Waals surface area contributed by atoms with Crippen LogP contribution in [0.4, 0.5) is 11.4 Å². The van der Waals surface area contributed by atoms with Gasteiger partial charge in [-0.3, -0.25) is 0 Å². The normalized spacial score (nSPS) is 10.0. The number of thioether (sulfide) groups is 1. The van der Waals surface area contributed by atoms with Crippen LogP contribution in [-0.2, 0) is 0 Å². The Labute approximate surface area is 118 Å². The van der Waals surface area contributed by atoms with Gasteiger partial charge in [-0.1, -0.05) is 12.1 Å². The molecule has 1 N–H and O–H groups in total. The first-order valence-corrected chi connectivity index (χ1v) is 7.29. The average molecular weight is 268 g/mol. The third kappa shape index (κ3) is 2.91. The molecule has 0 spiro atoms. The molecule has 0 bridgehead atoms. The standard InChI is InChI=1S/C16H16N2S/c1-11-7-8-13(9-12(11)2)18-15-5-4-6-16(19-3)14(15)10-17/h4-9,18H,1-3H3. The van der Waals surface area contributed by atoms with E-state index in [1.807, 2.05) is 30.5 Å². The summed E-state index contributed by atoms with van der Waals surface area (Å²) in [7, 11) is 0. The molecule has 0 aliphatic heterocycles. The van der Waals surface area contributed by atoms with Gasteiger partial charge in [-0.2, -0.15) is 5.26 Å². The lowest BCUT2D eigenvalue weighted by Crippen LogP contribution is -1.96. The van der Waals surface area contributed by atoms with Gasteiger partial charge in [0.1, 0.15) is 6.07 Å². The van der Waals surface area contributed by atoms with Gasteiger partial charge in [-0.05, 0) is 55.5 Å². The van der Waals surface area contributed by atoms with Crippen LogP contribution in [-0.4, -0.2) is 6.26 Å². The molecule has 19 heavy (non-hydrogen) atoms. The van der Waals surface area contributed by atoms with Crippen molar-refractivity contribution in [1.29, 1.82) is 5.26 Å². The maximum atomic E-state index is 9.30. The number of nitrogens with one attached hydrogen (secondary N) is 1. The van der Waals surface area contributed by atoms with E-state index in [0.717, 1.165) is 16.3 Å². The van der Waals surface area contributed by atoms with E-state index in [-0.39, 0.29) is 0 Å². The summed E-state index contributed by atoms with van der Waals surface area (Å²) < 4.78 is 0. The largest absolute Gasteiger partial charge is 0.354 e. The minimum atomic E-state index is 0.702. The highest BCUT2D eigenvalue weighted by Gasteiger charge is 2.07. The summed E-state index contributed by atoms with van der Waals surface area (Å²) in [6, 6.07) is 14.4. The molecule has 2 nitrogen and oxygen atoms in total. The van der Waals surface area contributed by atoms with Gasteiger partial charge in [-0.25, -0.2) is 0 Å². The summed E-state index contributed by atoms with van der Waals surface area (Å²) in [5, 5.41) is 12.6. The van der Waals surface area contributed by atoms with Gasteiger partial charge in [0.15, 0.2) is 0 Å². The molecule has 2 aromatic rings. The second-order valence-electron chi connectivity index (χ2n) is 4.42. The Morgan fingerprint density at radius 2 is 1.89 bits per heavy atom. The molecule has 0 aliphatic rings. The van der Waals surface area contributed by atoms with Crippen molar-refractivity contribution in [3.63, 3.8) is 0 Å². The predicted octanol–water partition coefficient (Wildman–Crippen LogP) is 4.64. The molecule has 0 aliphatic carbocycles. The van der Waals surface area contributed by atoms with E-state index in [9.17, 15) is 5.26 Å². The Morgan fingerprint density at radius 3 is 2.53 bits per heavy atom. The number of nitrogens with zero attached hydrogens (tertiary/aromatic N) is 1. The Balaban J connectivity index is 2.38. The van der Waals surface area contributed by atoms with Crippen molar-refractivity contribution in [3.8, 4) is 6.07 Å². The van der Waals surface area contributed by atoms with Crippen molar-refractivity contribution in [1.82, 2.24) is 0 Å². The summed E-state index contributed by atoms with van der Waals surface area (Å²) >= 11 is 1.59. The number of nitriles is 1. The van der Waals surface area contributed by atoms with Gasteiger partial charge in [0.2, 0.25) is 0 Å². The predicted molar refractivity (Wildman–Crippen MR) is 82.1 cm³/mol. The number of rotatable bonds is 3. The minimum Gasteiger partial charge on any atom is -0.354 e. The summed E-state index contributed by atoms with van der Waals surface area (Å²) in [6.07, 6.45) is 1.98. The highest BCUT2D eigenvalue weighted by atomic mass is 32.2. The quantitative estimate of drug-likeness (QED) is 0.824. The number of aryl methyl sites for hydroxylation is 2. The molecule has 0 fully saturated rings. The zero-order valence-corrected chi connectivity index (χ0v) is 12.1. The van der Waals surface area contributed by atoms with Crippen LogP contribution in [0.3, 0.4) is 0 Å². The fourth-order valence-electron chi connectivity index (χ4n) is 1.90. The molecular weight excluding hydrogens is 252 g/mol. The van der Waals surface area contributed by atoms with Gasteiger partial charge in [0.25, 0.3) is 0 Å². The monoisotopic (exact) mass is 268 g/mol. The van der Waals surface area contributed by atoms with Gasteiger partial charge < -0.3 is 5.32 Å². The van der Waals surface area contributed by atoms with Gasteiger partial charge in [-0.15, -0.1) is 11.8 Å². The fraction of sp³-hybridized carbons (Fsp3) is 0.188. The molecule has 2 aromatic carbocycles. The van der Waals surface area contributed by atoms with Crippen LogP contribution in [0.1, 0.15) is 16.7 Å². The molecule has 0 unspecified atom stereocenters. The number of hydrogen-bond acceptors (Lipinski definition) is 3. The van der Waals surface area contributed by atoms with Crippen LogP contribution < -0.4 is 5.32 Å². The molecule has 0 atom stereocenters. The first kappa shape index (κ1) is 13.5. The summed E-state index contributed by atoms with van der Waals surface area (Å²) in [6.45, 7) is 4.18. The summed E-state index contributed by atoms with van der Waals surface area (Å²) in [4.78, 5) is 0.997. The van der Waals surface area contributed by atoms with Gasteiger partial charge in [0, 0.05) is 10.6 Å². The smallest absolute Gasteiger partial charge is 0.103 e. The van der Waals surface area contributed by atoms with E-state index in [0.29, 0.717) is 5.56 Å². The second kappa shape index (κ2) is 5.81. The lowest BCUT2D eigenvalue weighted by Gasteiger charge is -2.12. The molecule has 0 saturated carbocycles. The molecule has 0 aromatic heterocycles. The highest BCUT2D eigenvalue weighted by Crippen LogP contribution is 2.29. The molecule has 96 valence electrons. The first-order chi connectivity index (χ1) is 9.15. The first-order valence-electron chi connectivity index (χ1n) is 6.07. The number of anilines is 2. The minimum absolute atomic E-state index is 0.702. The van der Waals surface area contributed by atoms with Crippen LogP contribution in [0.2, 0.25) is 0 Å². The van der Waals surface area contributed by atoms with Gasteiger partial charge in [0.05, 0.1) is 11.3 Å². The highest BCUT2D eigenvalue weighted by molar-refractivity contribution is 7.98. The molecule has 0 radical (unpaired) electrons. The van der Waals surface area contributed by atoms with Crippen molar-refractivity contribution in [3.05, 3.63) is 53.1 Å². The van der Waals surface area contributed by atoms with Crippen molar-refractivity contribution in [2.45, 2.75) is 18.7 Å². The molecular formula is C16H16N2S. The summed E-state index contributed by atoms with van der Waals surface area (Å²) in [5.74, 6) is 0. The van der Waals surface area contributed by atoms with Crippen molar-refractivity contribution >= 4 is 23.1 Å². The van der Waals surface area contributed by atoms with Crippen LogP contribution in [0.5, 0.6) is 0 Å². The van der Waals surface area contributed by atoms with Crippen LogP contribution >= 0.6 is 11.8 Å². The second-order valence-corrected chi connectivity index (χ2v) is 5.27. The zero-order valence-electron chi connectivity index (χ0n) is 11.3. The van der Waals surface area contributed by atoms with E-state index >= 15 is 0 Å². The molecule has 0 saturated heterocycles. The third-order valence-electron chi connectivity index (χ3n) is 3.14. The van der Waals surface area contributed by atoms with E-state index < -0.39 is 0 Å². The van der Waals surface area contributed by atoms with Crippen molar-refractivity contribution < 1.29 is 0 Å². The third-order valence-corrected chi connectivity index (χ3v) is 3.92. The van der Waals surface area contributed by atoms with Crippen LogP contribution in [0.25, 0.3) is 0 Å². The SMILES string of the molecule is CSc1cccc(Nc2ccc(C)c(C)c2)c1C#N. The van der Waals surface area contributed by atoms with Crippen LogP contribution in [0, 0.1) is 25.2 Å². The zero-order chi connectivity index (χ0) is 13.8. The Kier molecular flexibility index (Phi) is 4.13. The van der Waals surface area contributed by atoms with E-state index in [4.69, 9.17) is 0 Å². The Hall–Kier alpha value is -1.92. The van der Waals surface area contributed by atoms with E-state index in [1.165, 1.54) is 11.1 Å². The number of benzene rings is 2. The Morgan fingerprint density at radius 1 is 1.11 bits per heavy atom. The lowest BCUT2D eigenvalue weighted by molar-refractivity contribution is 1.32. The summed E-state index contributed by atoms with van der Waals surface area (Å²) in [5.41, 5.74) is 5.08. The van der Waals surface area contributed by atoms with Gasteiger partial charge >= 0.3 is 0 Å². The Bertz CT molecular complexity index is 642. The van der Waals surface area contributed by atoms with Crippen LogP contribution in [0.15, 0.2) is 41.3 Å². The maximum absolute atomic E-state index is 9.30. The maximum Gasteiger partial charge on any atom is 0.103 e. The molecule has 3 heteroatoms. The molecule has 0 amide bonds.